The molecule has 0 bridgehead atoms. The number of unbranched alkanes of at least 4 members (excludes halogenated alkanes) is 1. The second-order valence-electron chi connectivity index (χ2n) is 3.77. The number of carbonyl (C=O) groups excluding carboxylic acids is 2. The molecule has 2 atom stereocenters. The topological polar surface area (TPSA) is 37.4 Å². The second-order valence-corrected chi connectivity index (χ2v) is 3.77. The quantitative estimate of drug-likeness (QED) is 0.710. The monoisotopic (exact) mass is 273 g/mol. The molecule has 2 amide bonds. The van der Waals surface area contributed by atoms with Crippen LogP contribution in [0.15, 0.2) is 0 Å². The van der Waals surface area contributed by atoms with Crippen molar-refractivity contribution in [1.82, 2.24) is 4.90 Å². The Bertz CT molecular complexity index is 227. The van der Waals surface area contributed by atoms with Crippen LogP contribution in [0.5, 0.6) is 0 Å². The van der Waals surface area contributed by atoms with Gasteiger partial charge < -0.3 is 0 Å². The van der Waals surface area contributed by atoms with Gasteiger partial charge in [0.2, 0.25) is 11.8 Å². The molecule has 1 aliphatic heterocycles. The molecule has 0 aromatic rings. The number of amides is 2. The molecule has 0 aromatic heterocycles. The van der Waals surface area contributed by atoms with Crippen LogP contribution in [0.4, 0.5) is 0 Å². The molecule has 3 heteroatoms. The van der Waals surface area contributed by atoms with Crippen LogP contribution >= 0.6 is 0 Å². The van der Waals surface area contributed by atoms with Gasteiger partial charge in [0.15, 0.2) is 0 Å². The number of imide groups is 1. The molecular formula is C16H35NO2. The predicted molar refractivity (Wildman–Crippen MR) is 84.0 cm³/mol. The number of hydrogen-bond acceptors (Lipinski definition) is 2. The number of hydrogen-bond donors (Lipinski definition) is 0. The first-order valence-corrected chi connectivity index (χ1v) is 7.91. The van der Waals surface area contributed by atoms with E-state index in [-0.39, 0.29) is 23.7 Å². The molecule has 116 valence electrons. The van der Waals surface area contributed by atoms with Gasteiger partial charge in [0, 0.05) is 18.9 Å². The van der Waals surface area contributed by atoms with E-state index >= 15 is 0 Å². The van der Waals surface area contributed by atoms with Crippen LogP contribution in [0, 0.1) is 11.8 Å². The standard InChI is InChI=1S/C10H17NO2.3C2H6/c1-4-5-6-8-7(2)9(12)11(3)10(8)13;3*1-2/h7-8H,4-6H2,1-3H3;3*1-2H3. The Morgan fingerprint density at radius 1 is 0.947 bits per heavy atom. The highest BCUT2D eigenvalue weighted by molar-refractivity contribution is 6.04. The number of likely N-dealkylation sites (tertiary alicyclic amines) is 1. The summed E-state index contributed by atoms with van der Waals surface area (Å²) in [5.74, 6) is -0.182. The van der Waals surface area contributed by atoms with E-state index < -0.39 is 0 Å². The van der Waals surface area contributed by atoms with Gasteiger partial charge in [0.25, 0.3) is 0 Å². The first kappa shape index (κ1) is 23.2. The number of carbonyl (C=O) groups is 2. The lowest BCUT2D eigenvalue weighted by Crippen LogP contribution is -2.26. The summed E-state index contributed by atoms with van der Waals surface area (Å²) in [7, 11) is 1.58. The van der Waals surface area contributed by atoms with Gasteiger partial charge >= 0.3 is 0 Å². The lowest BCUT2D eigenvalue weighted by atomic mass is 9.92. The van der Waals surface area contributed by atoms with Crippen LogP contribution in [0.2, 0.25) is 0 Å². The molecule has 0 spiro atoms. The molecule has 1 heterocycles. The molecule has 3 nitrogen and oxygen atoms in total. The zero-order valence-electron chi connectivity index (χ0n) is 14.5. The fraction of sp³-hybridized carbons (Fsp3) is 0.875. The lowest BCUT2D eigenvalue weighted by Gasteiger charge is -2.09. The maximum atomic E-state index is 11.5. The molecule has 0 aromatic carbocycles. The molecule has 0 saturated carbocycles. The Morgan fingerprint density at radius 2 is 1.37 bits per heavy atom. The van der Waals surface area contributed by atoms with Crippen molar-refractivity contribution >= 4 is 11.8 Å². The summed E-state index contributed by atoms with van der Waals surface area (Å²) in [5, 5.41) is 0. The van der Waals surface area contributed by atoms with Gasteiger partial charge in [-0.2, -0.15) is 0 Å². The van der Waals surface area contributed by atoms with Crippen molar-refractivity contribution in [2.45, 2.75) is 74.7 Å². The highest BCUT2D eigenvalue weighted by Gasteiger charge is 2.42. The van der Waals surface area contributed by atoms with Gasteiger partial charge in [0.1, 0.15) is 0 Å². The SMILES string of the molecule is CC.CC.CC.CCCCC1C(=O)N(C)C(=O)C1C. The van der Waals surface area contributed by atoms with E-state index in [4.69, 9.17) is 0 Å². The molecular weight excluding hydrogens is 238 g/mol. The summed E-state index contributed by atoms with van der Waals surface area (Å²) in [6.07, 6.45) is 2.96. The van der Waals surface area contributed by atoms with Crippen LogP contribution < -0.4 is 0 Å². The maximum absolute atomic E-state index is 11.5. The van der Waals surface area contributed by atoms with E-state index in [0.717, 1.165) is 19.3 Å². The summed E-state index contributed by atoms with van der Waals surface area (Å²) in [6, 6.07) is 0. The minimum absolute atomic E-state index is 0.00551. The summed E-state index contributed by atoms with van der Waals surface area (Å²) >= 11 is 0. The molecule has 0 aliphatic carbocycles. The van der Waals surface area contributed by atoms with Crippen LogP contribution in [-0.2, 0) is 9.59 Å². The third-order valence-corrected chi connectivity index (χ3v) is 2.84. The van der Waals surface area contributed by atoms with Crippen LogP contribution in [0.25, 0.3) is 0 Å². The number of rotatable bonds is 3. The lowest BCUT2D eigenvalue weighted by molar-refractivity contribution is -0.138. The van der Waals surface area contributed by atoms with Crippen LogP contribution in [-0.4, -0.2) is 23.8 Å². The van der Waals surface area contributed by atoms with E-state index in [2.05, 4.69) is 6.92 Å². The summed E-state index contributed by atoms with van der Waals surface area (Å²) in [4.78, 5) is 24.2. The molecule has 1 fully saturated rings. The Morgan fingerprint density at radius 3 is 1.63 bits per heavy atom. The van der Waals surface area contributed by atoms with Crippen molar-refractivity contribution in [2.24, 2.45) is 11.8 Å². The third-order valence-electron chi connectivity index (χ3n) is 2.84. The molecule has 0 radical (unpaired) electrons. The Balaban J connectivity index is -0.000000375. The zero-order valence-corrected chi connectivity index (χ0v) is 14.5. The normalized spacial score (nSPS) is 20.6. The molecule has 1 aliphatic rings. The minimum Gasteiger partial charge on any atom is -0.285 e. The fourth-order valence-electron chi connectivity index (χ4n) is 1.85. The minimum atomic E-state index is -0.107. The van der Waals surface area contributed by atoms with Crippen molar-refractivity contribution in [3.63, 3.8) is 0 Å². The van der Waals surface area contributed by atoms with E-state index in [1.165, 1.54) is 4.90 Å². The van der Waals surface area contributed by atoms with Gasteiger partial charge in [-0.1, -0.05) is 68.2 Å². The highest BCUT2D eigenvalue weighted by Crippen LogP contribution is 2.28. The van der Waals surface area contributed by atoms with Gasteiger partial charge in [-0.25, -0.2) is 0 Å². The Labute approximate surface area is 120 Å². The second kappa shape index (κ2) is 15.2. The van der Waals surface area contributed by atoms with Crippen LogP contribution in [0.1, 0.15) is 74.7 Å². The van der Waals surface area contributed by atoms with E-state index in [0.29, 0.717) is 0 Å². The zero-order chi connectivity index (χ0) is 16.0. The smallest absolute Gasteiger partial charge is 0.232 e. The molecule has 2 unspecified atom stereocenters. The average molecular weight is 273 g/mol. The van der Waals surface area contributed by atoms with E-state index in [9.17, 15) is 9.59 Å². The average Bonchev–Trinajstić information content (AvgIpc) is 2.68. The molecule has 1 saturated heterocycles. The molecule has 1 rings (SSSR count). The summed E-state index contributed by atoms with van der Waals surface area (Å²) in [6.45, 7) is 15.9. The molecule has 19 heavy (non-hydrogen) atoms. The first-order valence-electron chi connectivity index (χ1n) is 7.91. The van der Waals surface area contributed by atoms with Gasteiger partial charge in [-0.15, -0.1) is 0 Å². The van der Waals surface area contributed by atoms with E-state index in [1.807, 2.05) is 48.5 Å². The largest absolute Gasteiger partial charge is 0.285 e. The van der Waals surface area contributed by atoms with Crippen molar-refractivity contribution in [3.8, 4) is 0 Å². The van der Waals surface area contributed by atoms with Crippen molar-refractivity contribution in [3.05, 3.63) is 0 Å². The van der Waals surface area contributed by atoms with Crippen molar-refractivity contribution in [1.29, 1.82) is 0 Å². The number of nitrogens with zero attached hydrogens (tertiary/aromatic N) is 1. The van der Waals surface area contributed by atoms with E-state index in [1.54, 1.807) is 7.05 Å². The van der Waals surface area contributed by atoms with Gasteiger partial charge in [-0.3, -0.25) is 14.5 Å². The van der Waals surface area contributed by atoms with Crippen LogP contribution in [0.3, 0.4) is 0 Å². The highest BCUT2D eigenvalue weighted by atomic mass is 16.2. The first-order chi connectivity index (χ1) is 9.09. The fourth-order valence-corrected chi connectivity index (χ4v) is 1.85. The van der Waals surface area contributed by atoms with Gasteiger partial charge in [0.05, 0.1) is 0 Å². The Kier molecular flexibility index (Phi) is 18.6. The molecule has 0 N–H and O–H groups in total. The van der Waals surface area contributed by atoms with Crippen molar-refractivity contribution < 1.29 is 9.59 Å². The maximum Gasteiger partial charge on any atom is 0.232 e. The summed E-state index contributed by atoms with van der Waals surface area (Å²) in [5.41, 5.74) is 0. The van der Waals surface area contributed by atoms with Crippen molar-refractivity contribution in [2.75, 3.05) is 7.05 Å². The summed E-state index contributed by atoms with van der Waals surface area (Å²) < 4.78 is 0. The third kappa shape index (κ3) is 7.34. The predicted octanol–water partition coefficient (Wildman–Crippen LogP) is 4.51. The van der Waals surface area contributed by atoms with Gasteiger partial charge in [-0.05, 0) is 6.42 Å². The Hall–Kier alpha value is -0.860.